The molecule has 1 amide bonds. The van der Waals surface area contributed by atoms with Crippen LogP contribution in [0.2, 0.25) is 0 Å². The number of rotatable bonds is 7. The number of amides is 1. The number of nitrogens with one attached hydrogen (secondary N) is 2. The predicted octanol–water partition coefficient (Wildman–Crippen LogP) is 2.73. The summed E-state index contributed by atoms with van der Waals surface area (Å²) in [7, 11) is 0. The Labute approximate surface area is 125 Å². The molecule has 0 aliphatic heterocycles. The van der Waals surface area contributed by atoms with E-state index in [9.17, 15) is 18.0 Å². The van der Waals surface area contributed by atoms with E-state index < -0.39 is 17.9 Å². The summed E-state index contributed by atoms with van der Waals surface area (Å²) in [5.74, 6) is 0.458. The van der Waals surface area contributed by atoms with Gasteiger partial charge in [0.15, 0.2) is 5.69 Å². The Hall–Kier alpha value is -1.15. The molecular weight excluding hydrogens is 303 g/mol. The molecular formula is C13H18F3N3OS. The predicted molar refractivity (Wildman–Crippen MR) is 73.9 cm³/mol. The second kappa shape index (κ2) is 6.74. The number of thiazole rings is 1. The normalized spacial score (nSPS) is 16.8. The van der Waals surface area contributed by atoms with Crippen LogP contribution >= 0.6 is 11.3 Å². The number of nitrogens with zero attached hydrogens (tertiary/aromatic N) is 1. The molecule has 2 rings (SSSR count). The van der Waals surface area contributed by atoms with Crippen molar-refractivity contribution in [3.63, 3.8) is 0 Å². The number of halogens is 3. The topological polar surface area (TPSA) is 54.0 Å². The molecule has 21 heavy (non-hydrogen) atoms. The molecule has 1 unspecified atom stereocenters. The molecule has 1 fully saturated rings. The van der Waals surface area contributed by atoms with E-state index in [-0.39, 0.29) is 12.5 Å². The number of carbonyl (C=O) groups excluding carboxylic acids is 1. The van der Waals surface area contributed by atoms with Gasteiger partial charge in [0.05, 0.1) is 12.6 Å². The molecule has 0 saturated heterocycles. The van der Waals surface area contributed by atoms with Gasteiger partial charge in [-0.3, -0.25) is 4.79 Å². The first-order valence-electron chi connectivity index (χ1n) is 6.92. The Bertz CT molecular complexity index is 485. The second-order valence-electron chi connectivity index (χ2n) is 5.17. The van der Waals surface area contributed by atoms with Gasteiger partial charge in [-0.15, -0.1) is 11.3 Å². The van der Waals surface area contributed by atoms with Crippen LogP contribution in [0.15, 0.2) is 5.38 Å². The lowest BCUT2D eigenvalue weighted by molar-refractivity contribution is -0.140. The fourth-order valence-corrected chi connectivity index (χ4v) is 2.83. The second-order valence-corrected chi connectivity index (χ2v) is 6.06. The summed E-state index contributed by atoms with van der Waals surface area (Å²) in [5, 5.41) is 7.04. The average Bonchev–Trinajstić information content (AvgIpc) is 3.08. The monoisotopic (exact) mass is 321 g/mol. The molecule has 118 valence electrons. The van der Waals surface area contributed by atoms with Crippen LogP contribution in [0.1, 0.15) is 42.9 Å². The zero-order valence-corrected chi connectivity index (χ0v) is 12.5. The Balaban J connectivity index is 1.86. The molecule has 1 aliphatic rings. The van der Waals surface area contributed by atoms with Crippen LogP contribution in [0.4, 0.5) is 13.2 Å². The molecule has 0 spiro atoms. The standard InChI is InChI=1S/C13H18F3N3OS/c1-2-9(12-19-10(7-21-12)13(14,15)16)18-11(20)6-17-5-8-3-4-8/h7-9,17H,2-6H2,1H3,(H,18,20). The summed E-state index contributed by atoms with van der Waals surface area (Å²) in [6.07, 6.45) is -1.54. The van der Waals surface area contributed by atoms with Crippen molar-refractivity contribution in [1.82, 2.24) is 15.6 Å². The van der Waals surface area contributed by atoms with Crippen LogP contribution in [0.3, 0.4) is 0 Å². The maximum absolute atomic E-state index is 12.5. The van der Waals surface area contributed by atoms with Crippen molar-refractivity contribution >= 4 is 17.2 Å². The van der Waals surface area contributed by atoms with E-state index in [2.05, 4.69) is 15.6 Å². The van der Waals surface area contributed by atoms with E-state index in [4.69, 9.17) is 0 Å². The van der Waals surface area contributed by atoms with Crippen molar-refractivity contribution in [3.05, 3.63) is 16.1 Å². The summed E-state index contributed by atoms with van der Waals surface area (Å²) in [4.78, 5) is 15.4. The number of hydrogen-bond acceptors (Lipinski definition) is 4. The van der Waals surface area contributed by atoms with Crippen LogP contribution in [-0.2, 0) is 11.0 Å². The number of carbonyl (C=O) groups is 1. The first kappa shape index (κ1) is 16.2. The van der Waals surface area contributed by atoms with Crippen molar-refractivity contribution in [2.24, 2.45) is 5.92 Å². The lowest BCUT2D eigenvalue weighted by Crippen LogP contribution is -2.36. The van der Waals surface area contributed by atoms with Crippen LogP contribution in [-0.4, -0.2) is 24.0 Å². The van der Waals surface area contributed by atoms with Gasteiger partial charge < -0.3 is 10.6 Å². The van der Waals surface area contributed by atoms with Crippen LogP contribution in [0.5, 0.6) is 0 Å². The SMILES string of the molecule is CCC(NC(=O)CNCC1CC1)c1nc(C(F)(F)F)cs1. The van der Waals surface area contributed by atoms with E-state index >= 15 is 0 Å². The van der Waals surface area contributed by atoms with Crippen molar-refractivity contribution in [2.45, 2.75) is 38.4 Å². The van der Waals surface area contributed by atoms with Gasteiger partial charge in [-0.1, -0.05) is 6.92 Å². The van der Waals surface area contributed by atoms with Gasteiger partial charge in [0, 0.05) is 5.38 Å². The molecule has 1 heterocycles. The minimum Gasteiger partial charge on any atom is -0.346 e. The molecule has 0 radical (unpaired) electrons. The summed E-state index contributed by atoms with van der Waals surface area (Å²) >= 11 is 0.924. The summed E-state index contributed by atoms with van der Waals surface area (Å²) in [6, 6.07) is -0.471. The van der Waals surface area contributed by atoms with E-state index in [1.807, 2.05) is 0 Å². The number of alkyl halides is 3. The third kappa shape index (κ3) is 4.96. The van der Waals surface area contributed by atoms with Crippen molar-refractivity contribution < 1.29 is 18.0 Å². The molecule has 4 nitrogen and oxygen atoms in total. The zero-order valence-electron chi connectivity index (χ0n) is 11.7. The zero-order chi connectivity index (χ0) is 15.5. The first-order valence-corrected chi connectivity index (χ1v) is 7.80. The maximum atomic E-state index is 12.5. The smallest absolute Gasteiger partial charge is 0.346 e. The first-order chi connectivity index (χ1) is 9.90. The van der Waals surface area contributed by atoms with Crippen molar-refractivity contribution in [3.8, 4) is 0 Å². The van der Waals surface area contributed by atoms with E-state index in [0.29, 0.717) is 17.3 Å². The quantitative estimate of drug-likeness (QED) is 0.812. The highest BCUT2D eigenvalue weighted by atomic mass is 32.1. The molecule has 8 heteroatoms. The molecule has 1 aromatic heterocycles. The molecule has 0 aromatic carbocycles. The Morgan fingerprint density at radius 2 is 2.24 bits per heavy atom. The molecule has 1 atom stereocenters. The third-order valence-corrected chi connectivity index (χ3v) is 4.23. The molecule has 0 bridgehead atoms. The average molecular weight is 321 g/mol. The number of hydrogen-bond donors (Lipinski definition) is 2. The van der Waals surface area contributed by atoms with Gasteiger partial charge in [0.25, 0.3) is 0 Å². The van der Waals surface area contributed by atoms with Crippen LogP contribution < -0.4 is 10.6 Å². The molecule has 1 saturated carbocycles. The highest BCUT2D eigenvalue weighted by Crippen LogP contribution is 2.32. The fraction of sp³-hybridized carbons (Fsp3) is 0.692. The van der Waals surface area contributed by atoms with Crippen LogP contribution in [0.25, 0.3) is 0 Å². The van der Waals surface area contributed by atoms with Gasteiger partial charge in [-0.05, 0) is 31.7 Å². The van der Waals surface area contributed by atoms with Gasteiger partial charge in [0.2, 0.25) is 5.91 Å². The van der Waals surface area contributed by atoms with Crippen molar-refractivity contribution in [2.75, 3.05) is 13.1 Å². The van der Waals surface area contributed by atoms with Crippen LogP contribution in [0, 0.1) is 5.92 Å². The third-order valence-electron chi connectivity index (χ3n) is 3.27. The summed E-state index contributed by atoms with van der Waals surface area (Å²) in [5.41, 5.74) is -0.901. The van der Waals surface area contributed by atoms with Gasteiger partial charge in [0.1, 0.15) is 5.01 Å². The minimum absolute atomic E-state index is 0.185. The minimum atomic E-state index is -4.44. The molecule has 1 aliphatic carbocycles. The number of aromatic nitrogens is 1. The van der Waals surface area contributed by atoms with Crippen molar-refractivity contribution in [1.29, 1.82) is 0 Å². The van der Waals surface area contributed by atoms with E-state index in [1.54, 1.807) is 6.92 Å². The van der Waals surface area contributed by atoms with E-state index in [0.717, 1.165) is 23.3 Å². The Kier molecular flexibility index (Phi) is 5.21. The lowest BCUT2D eigenvalue weighted by Gasteiger charge is -2.14. The Morgan fingerprint density at radius 1 is 1.52 bits per heavy atom. The highest BCUT2D eigenvalue weighted by molar-refractivity contribution is 7.09. The Morgan fingerprint density at radius 3 is 2.76 bits per heavy atom. The van der Waals surface area contributed by atoms with Gasteiger partial charge >= 0.3 is 6.18 Å². The maximum Gasteiger partial charge on any atom is 0.434 e. The molecule has 1 aromatic rings. The molecule has 2 N–H and O–H groups in total. The van der Waals surface area contributed by atoms with E-state index in [1.165, 1.54) is 12.8 Å². The van der Waals surface area contributed by atoms with Gasteiger partial charge in [-0.2, -0.15) is 13.2 Å². The highest BCUT2D eigenvalue weighted by Gasteiger charge is 2.34. The largest absolute Gasteiger partial charge is 0.434 e. The van der Waals surface area contributed by atoms with Gasteiger partial charge in [-0.25, -0.2) is 4.98 Å². The summed E-state index contributed by atoms with van der Waals surface area (Å²) < 4.78 is 37.6. The summed E-state index contributed by atoms with van der Waals surface area (Å²) in [6.45, 7) is 2.81. The fourth-order valence-electron chi connectivity index (χ4n) is 1.87. The lowest BCUT2D eigenvalue weighted by atomic mass is 10.2.